The number of hydrogen-bond acceptors (Lipinski definition) is 9. The van der Waals surface area contributed by atoms with E-state index in [-0.39, 0.29) is 18.3 Å². The van der Waals surface area contributed by atoms with Crippen molar-refractivity contribution in [2.24, 2.45) is 5.92 Å². The average molecular weight is 618 g/mol. The molecule has 12 heteroatoms. The molecule has 2 saturated heterocycles. The van der Waals surface area contributed by atoms with Crippen LogP contribution < -0.4 is 15.8 Å². The van der Waals surface area contributed by atoms with Gasteiger partial charge in [0.25, 0.3) is 5.56 Å². The van der Waals surface area contributed by atoms with Gasteiger partial charge in [0.05, 0.1) is 11.7 Å². The topological polar surface area (TPSA) is 108 Å². The van der Waals surface area contributed by atoms with Crippen LogP contribution in [0.3, 0.4) is 0 Å². The molecular weight excluding hydrogens is 573 g/mol. The van der Waals surface area contributed by atoms with E-state index in [9.17, 15) is 14.3 Å². The Bertz CT molecular complexity index is 1670. The van der Waals surface area contributed by atoms with Crippen molar-refractivity contribution >= 4 is 28.4 Å². The van der Waals surface area contributed by atoms with Crippen LogP contribution in [-0.4, -0.2) is 98.8 Å². The number of aliphatic hydroxyl groups is 1. The summed E-state index contributed by atoms with van der Waals surface area (Å²) in [5.74, 6) is 1.40. The fraction of sp³-hybridized carbons (Fsp3) is 0.515. The summed E-state index contributed by atoms with van der Waals surface area (Å²) in [5, 5.41) is 14.4. The van der Waals surface area contributed by atoms with E-state index >= 15 is 0 Å². The number of nitrogens with one attached hydrogen (secondary N) is 1. The van der Waals surface area contributed by atoms with Crippen molar-refractivity contribution in [2.45, 2.75) is 45.3 Å². The highest BCUT2D eigenvalue weighted by molar-refractivity contribution is 5.77. The molecule has 0 aliphatic carbocycles. The first-order chi connectivity index (χ1) is 21.6. The largest absolute Gasteiger partial charge is 0.384 e. The number of rotatable bonds is 11. The molecule has 45 heavy (non-hydrogen) atoms. The van der Waals surface area contributed by atoms with Crippen LogP contribution in [0.15, 0.2) is 53.5 Å². The van der Waals surface area contributed by atoms with Gasteiger partial charge in [-0.1, -0.05) is 6.07 Å². The number of piperidine rings is 1. The molecule has 1 aromatic carbocycles. The summed E-state index contributed by atoms with van der Waals surface area (Å²) < 4.78 is 16.4. The summed E-state index contributed by atoms with van der Waals surface area (Å²) in [6, 6.07) is 13.6. The summed E-state index contributed by atoms with van der Waals surface area (Å²) in [6.45, 7) is 11.0. The lowest BCUT2D eigenvalue weighted by Crippen LogP contribution is -2.49. The molecule has 2 fully saturated rings. The first kappa shape index (κ1) is 31.1. The number of aromatic nitrogens is 5. The maximum absolute atomic E-state index is 13.7. The number of likely N-dealkylation sites (N-methyl/N-ethyl adjacent to an activating group) is 1. The molecule has 11 nitrogen and oxygen atoms in total. The van der Waals surface area contributed by atoms with Crippen LogP contribution in [0.25, 0.3) is 16.9 Å². The zero-order chi connectivity index (χ0) is 31.7. The third-order valence-corrected chi connectivity index (χ3v) is 8.94. The maximum atomic E-state index is 13.7. The van der Waals surface area contributed by atoms with Crippen LogP contribution in [0.1, 0.15) is 45.3 Å². The highest BCUT2D eigenvalue weighted by atomic mass is 19.1. The summed E-state index contributed by atoms with van der Waals surface area (Å²) in [6.07, 6.45) is 3.86. The van der Waals surface area contributed by atoms with Crippen LogP contribution in [0.5, 0.6) is 0 Å². The van der Waals surface area contributed by atoms with Crippen molar-refractivity contribution in [3.63, 3.8) is 0 Å². The summed E-state index contributed by atoms with van der Waals surface area (Å²) >= 11 is 0. The minimum atomic E-state index is -1.14. The zero-order valence-electron chi connectivity index (χ0n) is 26.7. The molecule has 4 aromatic rings. The molecule has 5 heterocycles. The zero-order valence-corrected chi connectivity index (χ0v) is 26.7. The Kier molecular flexibility index (Phi) is 8.89. The van der Waals surface area contributed by atoms with E-state index in [2.05, 4.69) is 44.1 Å². The summed E-state index contributed by atoms with van der Waals surface area (Å²) in [4.78, 5) is 34.5. The second-order valence-corrected chi connectivity index (χ2v) is 12.9. The van der Waals surface area contributed by atoms with E-state index in [0.717, 1.165) is 57.1 Å². The average Bonchev–Trinajstić information content (AvgIpc) is 3.29. The van der Waals surface area contributed by atoms with Gasteiger partial charge < -0.3 is 25.1 Å². The van der Waals surface area contributed by atoms with E-state index in [4.69, 9.17) is 9.97 Å². The van der Waals surface area contributed by atoms with Gasteiger partial charge >= 0.3 is 0 Å². The van der Waals surface area contributed by atoms with Gasteiger partial charge in [-0.15, -0.1) is 0 Å². The third-order valence-electron chi connectivity index (χ3n) is 8.94. The predicted molar refractivity (Wildman–Crippen MR) is 175 cm³/mol. The molecule has 2 N–H and O–H groups in total. The van der Waals surface area contributed by atoms with Gasteiger partial charge in [0.1, 0.15) is 17.7 Å². The Morgan fingerprint density at radius 1 is 1.11 bits per heavy atom. The number of anilines is 3. The number of hydrogen-bond donors (Lipinski definition) is 2. The number of fused-ring (bicyclic) bond motifs is 1. The summed E-state index contributed by atoms with van der Waals surface area (Å²) in [5.41, 5.74) is 1.61. The quantitative estimate of drug-likeness (QED) is 0.259. The number of likely N-dealkylation sites (tertiary alicyclic amines) is 2. The van der Waals surface area contributed by atoms with Gasteiger partial charge in [-0.25, -0.2) is 23.7 Å². The minimum absolute atomic E-state index is 0.0323. The Hall–Kier alpha value is -3.87. The molecule has 2 aliphatic heterocycles. The predicted octanol–water partition coefficient (Wildman–Crippen LogP) is 3.94. The molecule has 1 unspecified atom stereocenters. The van der Waals surface area contributed by atoms with Crippen molar-refractivity contribution in [1.29, 1.82) is 0 Å². The second-order valence-electron chi connectivity index (χ2n) is 12.9. The molecule has 0 saturated carbocycles. The standard InChI is InChI=1S/C33H44FN9O2/c1-5-41(20-23-8-7-16-40(19-23)17-15-34)25-13-11-24(12-14-25)36-32-35-18-27-30(38-32)43(42(31(27)44)26-21-39(4)22-26)29-10-6-9-28(37-29)33(2,3)45/h6,9-14,18,23,26,45H,5,7-8,15-17,19-22H2,1-4H3,(H,35,36,38). The first-order valence-electron chi connectivity index (χ1n) is 15.9. The normalized spacial score (nSPS) is 18.3. The lowest BCUT2D eigenvalue weighted by molar-refractivity contribution is 0.0736. The van der Waals surface area contributed by atoms with Crippen molar-refractivity contribution in [3.8, 4) is 5.82 Å². The van der Waals surface area contributed by atoms with Crippen molar-refractivity contribution in [2.75, 3.05) is 69.8 Å². The van der Waals surface area contributed by atoms with Gasteiger partial charge in [0, 0.05) is 56.8 Å². The molecule has 0 amide bonds. The molecule has 0 spiro atoms. The molecule has 1 atom stereocenters. The lowest BCUT2D eigenvalue weighted by Gasteiger charge is -2.37. The maximum Gasteiger partial charge on any atom is 0.278 e. The van der Waals surface area contributed by atoms with E-state index < -0.39 is 5.60 Å². The second kappa shape index (κ2) is 12.9. The Balaban J connectivity index is 1.27. The van der Waals surface area contributed by atoms with Crippen LogP contribution in [0.4, 0.5) is 21.7 Å². The molecule has 3 aromatic heterocycles. The highest BCUT2D eigenvalue weighted by Crippen LogP contribution is 2.27. The van der Waals surface area contributed by atoms with Crippen LogP contribution in [0, 0.1) is 5.92 Å². The molecule has 240 valence electrons. The summed E-state index contributed by atoms with van der Waals surface area (Å²) in [7, 11) is 2.02. The number of nitrogens with zero attached hydrogens (tertiary/aromatic N) is 8. The van der Waals surface area contributed by atoms with Gasteiger partial charge in [-0.05, 0) is 89.5 Å². The Morgan fingerprint density at radius 3 is 2.58 bits per heavy atom. The van der Waals surface area contributed by atoms with E-state index in [1.807, 2.05) is 31.3 Å². The monoisotopic (exact) mass is 617 g/mol. The van der Waals surface area contributed by atoms with Crippen molar-refractivity contribution in [3.05, 3.63) is 64.7 Å². The number of pyridine rings is 1. The molecule has 0 bridgehead atoms. The molecular formula is C33H44FN9O2. The van der Waals surface area contributed by atoms with Crippen molar-refractivity contribution in [1.82, 2.24) is 34.1 Å². The van der Waals surface area contributed by atoms with Gasteiger partial charge in [-0.3, -0.25) is 4.79 Å². The first-order valence-corrected chi connectivity index (χ1v) is 15.9. The number of benzene rings is 1. The fourth-order valence-electron chi connectivity index (χ4n) is 6.55. The number of alkyl halides is 1. The third kappa shape index (κ3) is 6.58. The smallest absolute Gasteiger partial charge is 0.278 e. The molecule has 6 rings (SSSR count). The van der Waals surface area contributed by atoms with Crippen LogP contribution in [0.2, 0.25) is 0 Å². The minimum Gasteiger partial charge on any atom is -0.384 e. The van der Waals surface area contributed by atoms with Crippen LogP contribution >= 0.6 is 0 Å². The van der Waals surface area contributed by atoms with E-state index in [1.54, 1.807) is 35.5 Å². The van der Waals surface area contributed by atoms with E-state index in [0.29, 0.717) is 41.0 Å². The van der Waals surface area contributed by atoms with Crippen LogP contribution in [-0.2, 0) is 5.60 Å². The lowest BCUT2D eigenvalue weighted by atomic mass is 9.97. The van der Waals surface area contributed by atoms with Gasteiger partial charge in [0.15, 0.2) is 11.5 Å². The molecule has 2 aliphatic rings. The SMILES string of the molecule is CCN(CC1CCCN(CCF)C1)c1ccc(Nc2ncc3c(=O)n(C4CN(C)C4)n(-c4cccc(C(C)(C)O)n4)c3n2)cc1. The Labute approximate surface area is 263 Å². The molecule has 0 radical (unpaired) electrons. The Morgan fingerprint density at radius 2 is 1.89 bits per heavy atom. The fourth-order valence-corrected chi connectivity index (χ4v) is 6.55. The van der Waals surface area contributed by atoms with Crippen molar-refractivity contribution < 1.29 is 9.50 Å². The number of halogens is 1. The highest BCUT2D eigenvalue weighted by Gasteiger charge is 2.32. The van der Waals surface area contributed by atoms with Gasteiger partial charge in [0.2, 0.25) is 5.95 Å². The van der Waals surface area contributed by atoms with E-state index in [1.165, 1.54) is 6.42 Å². The van der Waals surface area contributed by atoms with Gasteiger partial charge in [-0.2, -0.15) is 4.98 Å².